The lowest BCUT2D eigenvalue weighted by Gasteiger charge is -2.25. The molecule has 1 unspecified atom stereocenters. The van der Waals surface area contributed by atoms with Gasteiger partial charge in [0.05, 0.1) is 22.9 Å². The number of nitrogens with one attached hydrogen (secondary N) is 1. The van der Waals surface area contributed by atoms with E-state index in [-0.39, 0.29) is 5.41 Å². The minimum Gasteiger partial charge on any atom is -0.384 e. The van der Waals surface area contributed by atoms with Crippen molar-refractivity contribution in [2.75, 3.05) is 18.9 Å². The first kappa shape index (κ1) is 26.2. The Balaban J connectivity index is 0.000000195. The van der Waals surface area contributed by atoms with E-state index >= 15 is 0 Å². The van der Waals surface area contributed by atoms with Crippen molar-refractivity contribution in [3.8, 4) is 11.3 Å². The number of hydrogen-bond donors (Lipinski definition) is 1. The molecule has 37 heavy (non-hydrogen) atoms. The van der Waals surface area contributed by atoms with Crippen molar-refractivity contribution in [1.82, 2.24) is 19.7 Å². The molecule has 5 rings (SSSR count). The lowest BCUT2D eigenvalue weighted by Crippen LogP contribution is -2.41. The maximum Gasteiger partial charge on any atom is 0.0752 e. The molecule has 2 aliphatic heterocycles. The minimum absolute atomic E-state index is 0.251. The van der Waals surface area contributed by atoms with Crippen LogP contribution in [0.2, 0.25) is 0 Å². The monoisotopic (exact) mass is 493 g/mol. The highest BCUT2D eigenvalue weighted by Gasteiger charge is 2.29. The molecule has 1 N–H and O–H groups in total. The van der Waals surface area contributed by atoms with Crippen molar-refractivity contribution in [2.45, 2.75) is 52.5 Å². The molecule has 5 heteroatoms. The summed E-state index contributed by atoms with van der Waals surface area (Å²) >= 11 is 0. The van der Waals surface area contributed by atoms with Crippen molar-refractivity contribution in [3.05, 3.63) is 83.2 Å². The van der Waals surface area contributed by atoms with Crippen molar-refractivity contribution >= 4 is 35.8 Å². The highest BCUT2D eigenvalue weighted by atomic mass is 15.3. The summed E-state index contributed by atoms with van der Waals surface area (Å²) in [7, 11) is 2.11. The van der Waals surface area contributed by atoms with Gasteiger partial charge in [-0.05, 0) is 67.8 Å². The van der Waals surface area contributed by atoms with Gasteiger partial charge in [0, 0.05) is 53.9 Å². The maximum absolute atomic E-state index is 4.87. The number of fused-ring (bicyclic) bond motifs is 2. The Labute approximate surface area is 221 Å². The third-order valence-corrected chi connectivity index (χ3v) is 7.16. The number of rotatable bonds is 5. The average Bonchev–Trinajstić information content (AvgIpc) is 3.43. The fourth-order valence-corrected chi connectivity index (χ4v) is 4.87. The maximum atomic E-state index is 4.87. The third kappa shape index (κ3) is 5.31. The molecule has 1 atom stereocenters. The van der Waals surface area contributed by atoms with E-state index in [0.29, 0.717) is 6.04 Å². The quantitative estimate of drug-likeness (QED) is 0.492. The van der Waals surface area contributed by atoms with Crippen molar-refractivity contribution in [3.63, 3.8) is 0 Å². The normalized spacial score (nSPS) is 17.0. The number of benzene rings is 1. The Hall–Kier alpha value is -3.86. The molecule has 0 aliphatic carbocycles. The molecule has 192 valence electrons. The van der Waals surface area contributed by atoms with Gasteiger partial charge >= 0.3 is 0 Å². The van der Waals surface area contributed by atoms with E-state index < -0.39 is 0 Å². The fraction of sp³-hybridized carbons (Fsp3) is 0.312. The van der Waals surface area contributed by atoms with Crippen LogP contribution >= 0.6 is 0 Å². The topological polar surface area (TPSA) is 46.0 Å². The zero-order valence-corrected chi connectivity index (χ0v) is 23.0. The van der Waals surface area contributed by atoms with Crippen LogP contribution in [0.1, 0.15) is 57.9 Å². The Bertz CT molecular complexity index is 1470. The number of allylic oxidation sites excluding steroid dienone is 2. The van der Waals surface area contributed by atoms with Crippen LogP contribution in [-0.2, 0) is 5.41 Å². The number of aromatic nitrogens is 3. The standard InChI is InChI=1S/C19H22N4.C13H17N/c1-5-8-19-16(12-20-23(19)7-3)17-10-9-14-13-22(4)15(6-2)11-18(14)21-17;1-9(2)10-5-6-12-11(7-10)13(3,4)8-14-12/h5,7-13,15H,3,6H2,1-2,4H3;5-7,14H,1,8H2,2-4H3/b8-5-;. The highest BCUT2D eigenvalue weighted by molar-refractivity contribution is 5.72. The number of nitrogens with zero attached hydrogens (tertiary/aromatic N) is 4. The molecule has 5 nitrogen and oxygen atoms in total. The summed E-state index contributed by atoms with van der Waals surface area (Å²) in [6, 6.07) is 11.1. The van der Waals surface area contributed by atoms with E-state index in [0.717, 1.165) is 46.1 Å². The van der Waals surface area contributed by atoms with E-state index in [9.17, 15) is 0 Å². The summed E-state index contributed by atoms with van der Waals surface area (Å²) in [5.74, 6) is 0. The second-order valence-corrected chi connectivity index (χ2v) is 10.5. The van der Waals surface area contributed by atoms with Crippen molar-refractivity contribution < 1.29 is 0 Å². The Kier molecular flexibility index (Phi) is 7.53. The molecular formula is C32H39N5. The Morgan fingerprint density at radius 2 is 2.03 bits per heavy atom. The molecule has 0 saturated carbocycles. The number of anilines is 1. The Morgan fingerprint density at radius 1 is 1.24 bits per heavy atom. The third-order valence-electron chi connectivity index (χ3n) is 7.16. The van der Waals surface area contributed by atoms with Gasteiger partial charge < -0.3 is 10.2 Å². The summed E-state index contributed by atoms with van der Waals surface area (Å²) in [6.07, 6.45) is 13.1. The van der Waals surface area contributed by atoms with Crippen LogP contribution < -0.4 is 15.9 Å². The summed E-state index contributed by atoms with van der Waals surface area (Å²) in [4.78, 5) is 7.11. The largest absolute Gasteiger partial charge is 0.384 e. The smallest absolute Gasteiger partial charge is 0.0752 e. The van der Waals surface area contributed by atoms with Gasteiger partial charge in [0.15, 0.2) is 0 Å². The van der Waals surface area contributed by atoms with Crippen LogP contribution in [0.15, 0.2) is 55.8 Å². The van der Waals surface area contributed by atoms with E-state index in [1.165, 1.54) is 16.8 Å². The van der Waals surface area contributed by atoms with Gasteiger partial charge in [0.25, 0.3) is 0 Å². The second-order valence-electron chi connectivity index (χ2n) is 10.5. The first-order valence-electron chi connectivity index (χ1n) is 13.0. The predicted octanol–water partition coefficient (Wildman–Crippen LogP) is 5.74. The van der Waals surface area contributed by atoms with Gasteiger partial charge in [-0.15, -0.1) is 0 Å². The number of hydrogen-bond acceptors (Lipinski definition) is 4. The van der Waals surface area contributed by atoms with Crippen molar-refractivity contribution in [1.29, 1.82) is 0 Å². The molecule has 2 aliphatic rings. The van der Waals surface area contributed by atoms with Gasteiger partial charge in [-0.25, -0.2) is 9.67 Å². The minimum atomic E-state index is 0.251. The van der Waals surface area contributed by atoms with Crippen LogP contribution in [0.5, 0.6) is 0 Å². The molecule has 0 spiro atoms. The molecule has 1 aromatic carbocycles. The van der Waals surface area contributed by atoms with E-state index in [1.54, 1.807) is 10.9 Å². The van der Waals surface area contributed by atoms with E-state index in [1.807, 2.05) is 25.3 Å². The van der Waals surface area contributed by atoms with Gasteiger partial charge in [-0.2, -0.15) is 5.10 Å². The van der Waals surface area contributed by atoms with Gasteiger partial charge in [0.2, 0.25) is 0 Å². The zero-order chi connectivity index (χ0) is 26.7. The first-order valence-corrected chi connectivity index (χ1v) is 13.0. The van der Waals surface area contributed by atoms with Gasteiger partial charge in [0.1, 0.15) is 0 Å². The van der Waals surface area contributed by atoms with Crippen LogP contribution in [0.4, 0.5) is 5.69 Å². The number of pyridine rings is 1. The second kappa shape index (κ2) is 10.6. The molecule has 0 bridgehead atoms. The SMILES string of the molecule is C=C(C)c1ccc2c(c1)C(C)(C)CN2.C=Cn1ncc(-c2ccc3c(n2)=CC(CC)N(C)C=3)c1/C=C\C. The lowest BCUT2D eigenvalue weighted by molar-refractivity contribution is 0.421. The molecule has 3 aromatic rings. The van der Waals surface area contributed by atoms with Crippen LogP contribution in [0.3, 0.4) is 0 Å². The highest BCUT2D eigenvalue weighted by Crippen LogP contribution is 2.37. The first-order chi connectivity index (χ1) is 17.7. The molecule has 0 fully saturated rings. The molecule has 4 heterocycles. The average molecular weight is 494 g/mol. The summed E-state index contributed by atoms with van der Waals surface area (Å²) in [5, 5.41) is 10.00. The molecule has 2 aromatic heterocycles. The molecule has 0 radical (unpaired) electrons. The van der Waals surface area contributed by atoms with Crippen LogP contribution in [0.25, 0.3) is 41.4 Å². The fourth-order valence-electron chi connectivity index (χ4n) is 4.87. The lowest BCUT2D eigenvalue weighted by atomic mass is 9.85. The summed E-state index contributed by atoms with van der Waals surface area (Å²) < 4.78 is 1.77. The van der Waals surface area contributed by atoms with E-state index in [4.69, 9.17) is 4.98 Å². The van der Waals surface area contributed by atoms with E-state index in [2.05, 4.69) is 106 Å². The molecule has 0 saturated heterocycles. The summed E-state index contributed by atoms with van der Waals surface area (Å²) in [5.41, 5.74) is 8.29. The van der Waals surface area contributed by atoms with Crippen molar-refractivity contribution in [2.24, 2.45) is 0 Å². The molecular weight excluding hydrogens is 454 g/mol. The molecule has 0 amide bonds. The Morgan fingerprint density at radius 3 is 2.70 bits per heavy atom. The zero-order valence-electron chi connectivity index (χ0n) is 23.0. The van der Waals surface area contributed by atoms with Crippen LogP contribution in [-0.4, -0.2) is 39.3 Å². The summed E-state index contributed by atoms with van der Waals surface area (Å²) in [6.45, 7) is 19.6. The van der Waals surface area contributed by atoms with Gasteiger partial charge in [-0.1, -0.05) is 51.6 Å². The van der Waals surface area contributed by atoms with Gasteiger partial charge in [-0.3, -0.25) is 0 Å². The predicted molar refractivity (Wildman–Crippen MR) is 159 cm³/mol. The van der Waals surface area contributed by atoms with Crippen LogP contribution in [0, 0.1) is 0 Å².